The molecule has 1 spiro atoms. The molecule has 2 aromatic rings. The van der Waals surface area contributed by atoms with Gasteiger partial charge in [-0.2, -0.15) is 16.4 Å². The van der Waals surface area contributed by atoms with Gasteiger partial charge in [-0.15, -0.1) is 0 Å². The monoisotopic (exact) mass is 362 g/mol. The number of carbonyl (C=O) groups excluding carboxylic acids is 1. The molecular formula is C17H22N4O3S. The van der Waals surface area contributed by atoms with E-state index in [2.05, 4.69) is 26.8 Å². The zero-order valence-electron chi connectivity index (χ0n) is 14.3. The third-order valence-electron chi connectivity index (χ3n) is 4.67. The van der Waals surface area contributed by atoms with Crippen LogP contribution in [-0.2, 0) is 27.9 Å². The van der Waals surface area contributed by atoms with Gasteiger partial charge in [0.2, 0.25) is 0 Å². The normalized spacial score (nSPS) is 25.5. The van der Waals surface area contributed by atoms with E-state index in [1.165, 1.54) is 5.56 Å². The fourth-order valence-corrected chi connectivity index (χ4v) is 4.10. The lowest BCUT2D eigenvalue weighted by Crippen LogP contribution is -2.60. The summed E-state index contributed by atoms with van der Waals surface area (Å²) < 4.78 is 13.6. The molecule has 134 valence electrons. The quantitative estimate of drug-likeness (QED) is 0.819. The molecule has 2 fully saturated rings. The SMILES string of the molecule is Cn1cc(N2C[C@]3(COCCN(Cc4ccsc4)C3)OCC2=O)cn1. The summed E-state index contributed by atoms with van der Waals surface area (Å²) >= 11 is 1.71. The number of amides is 1. The maximum atomic E-state index is 12.4. The number of aryl methyl sites for hydroxylation is 1. The molecule has 0 aliphatic carbocycles. The zero-order chi connectivity index (χ0) is 17.3. The fourth-order valence-electron chi connectivity index (χ4n) is 3.44. The maximum Gasteiger partial charge on any atom is 0.253 e. The Labute approximate surface area is 150 Å². The Morgan fingerprint density at radius 3 is 3.08 bits per heavy atom. The molecule has 4 heterocycles. The molecule has 1 atom stereocenters. The van der Waals surface area contributed by atoms with Gasteiger partial charge in [-0.1, -0.05) is 0 Å². The number of anilines is 1. The molecule has 2 aromatic heterocycles. The van der Waals surface area contributed by atoms with Gasteiger partial charge in [0.25, 0.3) is 5.91 Å². The van der Waals surface area contributed by atoms with Crippen LogP contribution in [0.5, 0.6) is 0 Å². The van der Waals surface area contributed by atoms with E-state index in [1.807, 2.05) is 13.2 Å². The molecule has 4 rings (SSSR count). The van der Waals surface area contributed by atoms with Crippen LogP contribution in [0.15, 0.2) is 29.2 Å². The fraction of sp³-hybridized carbons (Fsp3) is 0.529. The minimum absolute atomic E-state index is 0.0349. The van der Waals surface area contributed by atoms with Crippen molar-refractivity contribution in [2.75, 3.05) is 44.4 Å². The van der Waals surface area contributed by atoms with Gasteiger partial charge >= 0.3 is 0 Å². The molecule has 0 radical (unpaired) electrons. The standard InChI is InChI=1S/C17H22N4O3S/c1-19-8-15(6-18-19)21-12-17(24-9-16(21)22)11-20(3-4-23-13-17)7-14-2-5-25-10-14/h2,5-6,8,10H,3-4,7,9,11-13H2,1H3/t17-/m1/s1. The molecule has 2 saturated heterocycles. The minimum Gasteiger partial charge on any atom is -0.377 e. The van der Waals surface area contributed by atoms with E-state index in [9.17, 15) is 4.79 Å². The first-order valence-corrected chi connectivity index (χ1v) is 9.32. The number of hydrogen-bond acceptors (Lipinski definition) is 6. The van der Waals surface area contributed by atoms with E-state index >= 15 is 0 Å². The highest BCUT2D eigenvalue weighted by Crippen LogP contribution is 2.27. The lowest BCUT2D eigenvalue weighted by molar-refractivity contribution is -0.146. The summed E-state index contributed by atoms with van der Waals surface area (Å²) in [5, 5.41) is 8.45. The molecule has 2 aliphatic heterocycles. The van der Waals surface area contributed by atoms with Crippen molar-refractivity contribution in [3.05, 3.63) is 34.8 Å². The Kier molecular flexibility index (Phi) is 4.60. The Bertz CT molecular complexity index is 732. The molecule has 1 amide bonds. The number of aromatic nitrogens is 2. The number of nitrogens with zero attached hydrogens (tertiary/aromatic N) is 4. The molecule has 0 unspecified atom stereocenters. The Hall–Kier alpha value is -1.74. The highest BCUT2D eigenvalue weighted by molar-refractivity contribution is 7.07. The van der Waals surface area contributed by atoms with Crippen LogP contribution in [-0.4, -0.2) is 65.6 Å². The smallest absolute Gasteiger partial charge is 0.253 e. The van der Waals surface area contributed by atoms with Gasteiger partial charge in [-0.05, 0) is 22.4 Å². The summed E-state index contributed by atoms with van der Waals surface area (Å²) in [5.41, 5.74) is 1.61. The summed E-state index contributed by atoms with van der Waals surface area (Å²) in [4.78, 5) is 16.5. The number of carbonyl (C=O) groups is 1. The van der Waals surface area contributed by atoms with Crippen LogP contribution < -0.4 is 4.90 Å². The molecule has 25 heavy (non-hydrogen) atoms. The van der Waals surface area contributed by atoms with Crippen LogP contribution in [0.2, 0.25) is 0 Å². The second-order valence-corrected chi connectivity index (χ2v) is 7.50. The number of rotatable bonds is 3. The van der Waals surface area contributed by atoms with Crippen molar-refractivity contribution < 1.29 is 14.3 Å². The molecule has 0 saturated carbocycles. The van der Waals surface area contributed by atoms with Crippen molar-refractivity contribution in [1.29, 1.82) is 0 Å². The Morgan fingerprint density at radius 1 is 1.40 bits per heavy atom. The first-order chi connectivity index (χ1) is 12.1. The van der Waals surface area contributed by atoms with Crippen LogP contribution in [0, 0.1) is 0 Å². The average molecular weight is 362 g/mol. The Balaban J connectivity index is 1.53. The lowest BCUT2D eigenvalue weighted by atomic mass is 10.0. The predicted molar refractivity (Wildman–Crippen MR) is 94.7 cm³/mol. The summed E-state index contributed by atoms with van der Waals surface area (Å²) in [5.74, 6) is -0.0349. The Morgan fingerprint density at radius 2 is 2.32 bits per heavy atom. The topological polar surface area (TPSA) is 59.8 Å². The van der Waals surface area contributed by atoms with Crippen molar-refractivity contribution in [3.8, 4) is 0 Å². The van der Waals surface area contributed by atoms with Gasteiger partial charge in [0, 0.05) is 32.9 Å². The van der Waals surface area contributed by atoms with E-state index < -0.39 is 5.60 Å². The first kappa shape index (κ1) is 16.7. The molecular weight excluding hydrogens is 340 g/mol. The van der Waals surface area contributed by atoms with E-state index in [-0.39, 0.29) is 12.5 Å². The van der Waals surface area contributed by atoms with E-state index in [0.717, 1.165) is 25.3 Å². The van der Waals surface area contributed by atoms with Gasteiger partial charge in [-0.25, -0.2) is 0 Å². The average Bonchev–Trinajstić information content (AvgIpc) is 3.21. The van der Waals surface area contributed by atoms with Gasteiger partial charge in [0.1, 0.15) is 12.2 Å². The van der Waals surface area contributed by atoms with Crippen molar-refractivity contribution in [3.63, 3.8) is 0 Å². The molecule has 8 heteroatoms. The van der Waals surface area contributed by atoms with E-state index in [1.54, 1.807) is 27.1 Å². The molecule has 0 aromatic carbocycles. The van der Waals surface area contributed by atoms with Crippen molar-refractivity contribution >= 4 is 22.9 Å². The van der Waals surface area contributed by atoms with Crippen LogP contribution in [0.1, 0.15) is 5.56 Å². The van der Waals surface area contributed by atoms with Gasteiger partial charge < -0.3 is 14.4 Å². The largest absolute Gasteiger partial charge is 0.377 e. The lowest BCUT2D eigenvalue weighted by Gasteiger charge is -2.42. The summed E-state index contributed by atoms with van der Waals surface area (Å²) in [7, 11) is 1.85. The molecule has 0 N–H and O–H groups in total. The van der Waals surface area contributed by atoms with Crippen LogP contribution >= 0.6 is 11.3 Å². The number of thiophene rings is 1. The predicted octanol–water partition coefficient (Wildman–Crippen LogP) is 1.12. The molecule has 0 bridgehead atoms. The number of hydrogen-bond donors (Lipinski definition) is 0. The van der Waals surface area contributed by atoms with Crippen LogP contribution in [0.4, 0.5) is 5.69 Å². The molecule has 2 aliphatic rings. The summed E-state index contributed by atoms with van der Waals surface area (Å²) in [6.07, 6.45) is 3.58. The van der Waals surface area contributed by atoms with Crippen molar-refractivity contribution in [2.24, 2.45) is 7.05 Å². The van der Waals surface area contributed by atoms with Crippen molar-refractivity contribution in [2.45, 2.75) is 12.1 Å². The number of ether oxygens (including phenoxy) is 2. The van der Waals surface area contributed by atoms with Gasteiger partial charge in [0.05, 0.1) is 31.6 Å². The minimum atomic E-state index is -0.504. The third-order valence-corrected chi connectivity index (χ3v) is 5.40. The van der Waals surface area contributed by atoms with E-state index in [4.69, 9.17) is 9.47 Å². The zero-order valence-corrected chi connectivity index (χ0v) is 15.1. The third kappa shape index (κ3) is 3.62. The summed E-state index contributed by atoms with van der Waals surface area (Å²) in [6.45, 7) is 4.21. The van der Waals surface area contributed by atoms with Gasteiger partial charge in [-0.3, -0.25) is 14.4 Å². The highest BCUT2D eigenvalue weighted by Gasteiger charge is 2.43. The van der Waals surface area contributed by atoms with Gasteiger partial charge in [0.15, 0.2) is 0 Å². The van der Waals surface area contributed by atoms with Crippen LogP contribution in [0.3, 0.4) is 0 Å². The van der Waals surface area contributed by atoms with Crippen LogP contribution in [0.25, 0.3) is 0 Å². The number of morpholine rings is 1. The maximum absolute atomic E-state index is 12.4. The van der Waals surface area contributed by atoms with E-state index in [0.29, 0.717) is 19.8 Å². The first-order valence-electron chi connectivity index (χ1n) is 8.38. The summed E-state index contributed by atoms with van der Waals surface area (Å²) in [6, 6.07) is 2.15. The second-order valence-electron chi connectivity index (χ2n) is 6.72. The highest BCUT2D eigenvalue weighted by atomic mass is 32.1. The van der Waals surface area contributed by atoms with Crippen molar-refractivity contribution in [1.82, 2.24) is 14.7 Å². The molecule has 7 nitrogen and oxygen atoms in total. The second kappa shape index (κ2) is 6.87.